The fourth-order valence-electron chi connectivity index (χ4n) is 1.61. The summed E-state index contributed by atoms with van der Waals surface area (Å²) in [5.41, 5.74) is 0.961. The summed E-state index contributed by atoms with van der Waals surface area (Å²) in [5, 5.41) is 11.4. The Balaban J connectivity index is 2.89. The van der Waals surface area contributed by atoms with Crippen LogP contribution >= 0.6 is 0 Å². The fourth-order valence-corrected chi connectivity index (χ4v) is 1.61. The summed E-state index contributed by atoms with van der Waals surface area (Å²) in [6.07, 6.45) is 1.21. The molecule has 0 atom stereocenters. The number of aliphatic hydroxyl groups excluding tert-OH is 1. The molecule has 0 aliphatic rings. The zero-order valence-electron chi connectivity index (χ0n) is 11.2. The molecule has 0 radical (unpaired) electrons. The Labute approximate surface area is 112 Å². The van der Waals surface area contributed by atoms with Gasteiger partial charge in [-0.3, -0.25) is 9.59 Å². The summed E-state index contributed by atoms with van der Waals surface area (Å²) in [4.78, 5) is 23.0. The second-order valence-corrected chi connectivity index (χ2v) is 4.14. The van der Waals surface area contributed by atoms with E-state index in [9.17, 15) is 9.59 Å². The smallest absolute Gasteiger partial charge is 0.224 e. The van der Waals surface area contributed by atoms with Gasteiger partial charge in [0.2, 0.25) is 5.91 Å². The molecule has 0 heterocycles. The number of nitrogens with one attached hydrogen (secondary N) is 1. The summed E-state index contributed by atoms with van der Waals surface area (Å²) in [6.45, 7) is 3.36. The molecule has 0 aliphatic carbocycles. The van der Waals surface area contributed by atoms with Crippen molar-refractivity contribution in [3.63, 3.8) is 0 Å². The summed E-state index contributed by atoms with van der Waals surface area (Å²) in [7, 11) is 0. The number of anilines is 1. The molecule has 0 saturated carbocycles. The molecule has 1 aromatic rings. The number of ether oxygens (including phenoxy) is 1. The Morgan fingerprint density at radius 2 is 2.11 bits per heavy atom. The quantitative estimate of drug-likeness (QED) is 0.739. The van der Waals surface area contributed by atoms with Gasteiger partial charge < -0.3 is 15.2 Å². The van der Waals surface area contributed by atoms with Gasteiger partial charge in [0.05, 0.1) is 12.2 Å². The van der Waals surface area contributed by atoms with Gasteiger partial charge in [-0.25, -0.2) is 0 Å². The van der Waals surface area contributed by atoms with Gasteiger partial charge in [0, 0.05) is 12.1 Å². The van der Waals surface area contributed by atoms with E-state index in [-0.39, 0.29) is 24.9 Å². The number of hydrogen-bond acceptors (Lipinski definition) is 4. The van der Waals surface area contributed by atoms with E-state index in [4.69, 9.17) is 9.84 Å². The first-order chi connectivity index (χ1) is 9.08. The molecule has 0 bridgehead atoms. The van der Waals surface area contributed by atoms with Crippen LogP contribution in [0.3, 0.4) is 0 Å². The first-order valence-corrected chi connectivity index (χ1v) is 6.27. The Kier molecular flexibility index (Phi) is 6.02. The molecule has 0 saturated heterocycles. The number of benzene rings is 1. The zero-order valence-corrected chi connectivity index (χ0v) is 11.2. The fraction of sp³-hybridized carbons (Fsp3) is 0.429. The van der Waals surface area contributed by atoms with Gasteiger partial charge in [-0.15, -0.1) is 0 Å². The maximum absolute atomic E-state index is 11.5. The molecule has 0 unspecified atom stereocenters. The van der Waals surface area contributed by atoms with Crippen LogP contribution in [0.2, 0.25) is 0 Å². The zero-order chi connectivity index (χ0) is 14.3. The van der Waals surface area contributed by atoms with E-state index in [1.54, 1.807) is 18.2 Å². The molecule has 1 aromatic carbocycles. The van der Waals surface area contributed by atoms with Crippen LogP contribution in [-0.2, 0) is 4.79 Å². The van der Waals surface area contributed by atoms with Crippen molar-refractivity contribution in [1.29, 1.82) is 0 Å². The Bertz CT molecular complexity index is 457. The number of Topliss-reactive ketones (excluding diaryl/α,β-unsaturated/α-hetero) is 1. The van der Waals surface area contributed by atoms with Crippen molar-refractivity contribution in [1.82, 2.24) is 0 Å². The molecule has 0 aliphatic heterocycles. The van der Waals surface area contributed by atoms with E-state index >= 15 is 0 Å². The monoisotopic (exact) mass is 265 g/mol. The number of amides is 1. The highest BCUT2D eigenvalue weighted by molar-refractivity contribution is 5.99. The second-order valence-electron chi connectivity index (χ2n) is 4.14. The molecule has 104 valence electrons. The lowest BCUT2D eigenvalue weighted by atomic mass is 10.1. The van der Waals surface area contributed by atoms with Crippen LogP contribution in [0.25, 0.3) is 0 Å². The molecule has 19 heavy (non-hydrogen) atoms. The maximum atomic E-state index is 11.5. The molecule has 0 spiro atoms. The van der Waals surface area contributed by atoms with Gasteiger partial charge >= 0.3 is 0 Å². The van der Waals surface area contributed by atoms with Crippen molar-refractivity contribution in [3.05, 3.63) is 23.8 Å². The minimum Gasteiger partial charge on any atom is -0.490 e. The van der Waals surface area contributed by atoms with Gasteiger partial charge in [-0.1, -0.05) is 6.92 Å². The Morgan fingerprint density at radius 3 is 2.68 bits per heavy atom. The Morgan fingerprint density at radius 1 is 1.37 bits per heavy atom. The van der Waals surface area contributed by atoms with Gasteiger partial charge in [0.15, 0.2) is 5.78 Å². The van der Waals surface area contributed by atoms with Crippen LogP contribution in [0, 0.1) is 0 Å². The summed E-state index contributed by atoms with van der Waals surface area (Å²) in [5.74, 6) is 0.176. The topological polar surface area (TPSA) is 75.6 Å². The van der Waals surface area contributed by atoms with Crippen molar-refractivity contribution < 1.29 is 19.4 Å². The second kappa shape index (κ2) is 7.53. The number of aliphatic hydroxyl groups is 1. The lowest BCUT2D eigenvalue weighted by Crippen LogP contribution is -2.12. The number of carbonyl (C=O) groups excluding carboxylic acids is 2. The highest BCUT2D eigenvalue weighted by Crippen LogP contribution is 2.23. The summed E-state index contributed by atoms with van der Waals surface area (Å²) < 4.78 is 5.27. The predicted octanol–water partition coefficient (Wildman–Crippen LogP) is 2.00. The van der Waals surface area contributed by atoms with Crippen molar-refractivity contribution >= 4 is 17.4 Å². The minimum atomic E-state index is -0.153. The highest BCUT2D eigenvalue weighted by atomic mass is 16.5. The van der Waals surface area contributed by atoms with Crippen molar-refractivity contribution in [3.8, 4) is 5.75 Å². The average molecular weight is 265 g/mol. The molecular formula is C14H19NO4. The van der Waals surface area contributed by atoms with Gasteiger partial charge in [0.1, 0.15) is 12.4 Å². The highest BCUT2D eigenvalue weighted by Gasteiger charge is 2.11. The standard InChI is InChI=1S/C14H19NO4/c1-3-4-14(18)15-11-5-6-13(19-8-7-16)12(9-11)10(2)17/h5-6,9,16H,3-4,7-8H2,1-2H3,(H,15,18). The van der Waals surface area contributed by atoms with Crippen LogP contribution < -0.4 is 10.1 Å². The van der Waals surface area contributed by atoms with E-state index in [1.165, 1.54) is 6.92 Å². The van der Waals surface area contributed by atoms with Crippen molar-refractivity contribution in [2.45, 2.75) is 26.7 Å². The molecule has 1 rings (SSSR count). The minimum absolute atomic E-state index is 0.0824. The molecule has 1 amide bonds. The third-order valence-corrected chi connectivity index (χ3v) is 2.47. The summed E-state index contributed by atoms with van der Waals surface area (Å²) in [6, 6.07) is 4.88. The lowest BCUT2D eigenvalue weighted by molar-refractivity contribution is -0.116. The third-order valence-electron chi connectivity index (χ3n) is 2.47. The van der Waals surface area contributed by atoms with Gasteiger partial charge in [-0.05, 0) is 31.5 Å². The normalized spacial score (nSPS) is 10.1. The largest absolute Gasteiger partial charge is 0.490 e. The van der Waals surface area contributed by atoms with Crippen LogP contribution in [0.15, 0.2) is 18.2 Å². The van der Waals surface area contributed by atoms with Crippen molar-refractivity contribution in [2.75, 3.05) is 18.5 Å². The van der Waals surface area contributed by atoms with E-state index in [1.807, 2.05) is 6.92 Å². The predicted molar refractivity (Wildman–Crippen MR) is 72.6 cm³/mol. The SMILES string of the molecule is CCCC(=O)Nc1ccc(OCCO)c(C(C)=O)c1. The third kappa shape index (κ3) is 4.71. The number of hydrogen-bond donors (Lipinski definition) is 2. The number of carbonyl (C=O) groups is 2. The van der Waals surface area contributed by atoms with E-state index < -0.39 is 0 Å². The summed E-state index contributed by atoms with van der Waals surface area (Å²) >= 11 is 0. The molecule has 0 fully saturated rings. The van der Waals surface area contributed by atoms with E-state index in [0.717, 1.165) is 6.42 Å². The van der Waals surface area contributed by atoms with Crippen LogP contribution in [0.4, 0.5) is 5.69 Å². The number of ketones is 1. The Hall–Kier alpha value is -1.88. The molecule has 5 nitrogen and oxygen atoms in total. The van der Waals surface area contributed by atoms with Gasteiger partial charge in [0.25, 0.3) is 0 Å². The first kappa shape index (κ1) is 15.2. The van der Waals surface area contributed by atoms with Crippen molar-refractivity contribution in [2.24, 2.45) is 0 Å². The van der Waals surface area contributed by atoms with Crippen LogP contribution in [-0.4, -0.2) is 30.0 Å². The first-order valence-electron chi connectivity index (χ1n) is 6.27. The lowest BCUT2D eigenvalue weighted by Gasteiger charge is -2.11. The average Bonchev–Trinajstić information content (AvgIpc) is 2.37. The molecule has 5 heteroatoms. The maximum Gasteiger partial charge on any atom is 0.224 e. The van der Waals surface area contributed by atoms with Crippen LogP contribution in [0.5, 0.6) is 5.75 Å². The van der Waals surface area contributed by atoms with E-state index in [0.29, 0.717) is 23.4 Å². The van der Waals surface area contributed by atoms with Crippen LogP contribution in [0.1, 0.15) is 37.0 Å². The van der Waals surface area contributed by atoms with E-state index in [2.05, 4.69) is 5.32 Å². The molecule has 0 aromatic heterocycles. The van der Waals surface area contributed by atoms with Gasteiger partial charge in [-0.2, -0.15) is 0 Å². The number of rotatable bonds is 7. The molecule has 2 N–H and O–H groups in total. The molecular weight excluding hydrogens is 246 g/mol.